The van der Waals surface area contributed by atoms with Gasteiger partial charge in [0.15, 0.2) is 5.58 Å². The summed E-state index contributed by atoms with van der Waals surface area (Å²) in [6.07, 6.45) is 0. The molecule has 12 aromatic rings. The molecule has 12 rings (SSSR count). The summed E-state index contributed by atoms with van der Waals surface area (Å²) in [5, 5.41) is 10.2. The molecule has 3 nitrogen and oxygen atoms in total. The van der Waals surface area contributed by atoms with Crippen LogP contribution in [-0.2, 0) is 0 Å². The quantitative estimate of drug-likeness (QED) is 0.175. The van der Waals surface area contributed by atoms with Crippen molar-refractivity contribution >= 4 is 113 Å². The van der Waals surface area contributed by atoms with E-state index in [1.54, 1.807) is 0 Å². The van der Waals surface area contributed by atoms with E-state index in [1.165, 1.54) is 61.9 Å². The highest BCUT2D eigenvalue weighted by molar-refractivity contribution is 7.26. The summed E-state index contributed by atoms with van der Waals surface area (Å²) in [5.41, 5.74) is 8.25. The lowest BCUT2D eigenvalue weighted by molar-refractivity contribution is 0.620. The first-order chi connectivity index (χ1) is 27.7. The minimum absolute atomic E-state index is 0.635. The highest BCUT2D eigenvalue weighted by atomic mass is 32.1. The molecular weight excluding hydrogens is 721 g/mol. The molecule has 0 radical (unpaired) electrons. The number of aromatic nitrogens is 1. The Morgan fingerprint density at radius 1 is 0.375 bits per heavy atom. The van der Waals surface area contributed by atoms with Crippen molar-refractivity contribution in [1.82, 2.24) is 4.98 Å². The lowest BCUT2D eigenvalue weighted by Gasteiger charge is -2.26. The number of rotatable bonds is 5. The van der Waals surface area contributed by atoms with Crippen molar-refractivity contribution in [2.24, 2.45) is 0 Å². The van der Waals surface area contributed by atoms with Gasteiger partial charge in [0.05, 0.1) is 0 Å². The van der Waals surface area contributed by atoms with Gasteiger partial charge in [-0.15, -0.1) is 22.7 Å². The molecule has 0 saturated heterocycles. The van der Waals surface area contributed by atoms with E-state index in [0.717, 1.165) is 44.9 Å². The number of oxazole rings is 1. The Hall–Kier alpha value is -6.79. The molecule has 262 valence electrons. The van der Waals surface area contributed by atoms with Gasteiger partial charge < -0.3 is 9.32 Å². The minimum Gasteiger partial charge on any atom is -0.436 e. The van der Waals surface area contributed by atoms with Gasteiger partial charge in [-0.2, -0.15) is 0 Å². The molecule has 3 heterocycles. The molecule has 0 amide bonds. The number of fused-ring (bicyclic) bond motifs is 9. The van der Waals surface area contributed by atoms with Crippen LogP contribution in [0.25, 0.3) is 95.6 Å². The summed E-state index contributed by atoms with van der Waals surface area (Å²) in [6.45, 7) is 0. The molecule has 0 N–H and O–H groups in total. The second-order valence-corrected chi connectivity index (χ2v) is 16.6. The van der Waals surface area contributed by atoms with E-state index in [9.17, 15) is 0 Å². The highest BCUT2D eigenvalue weighted by Gasteiger charge is 2.17. The molecular formula is C51H30N2OS2. The van der Waals surface area contributed by atoms with Crippen LogP contribution in [0.1, 0.15) is 0 Å². The number of benzene rings is 9. The third kappa shape index (κ3) is 5.13. The van der Waals surface area contributed by atoms with E-state index in [-0.39, 0.29) is 0 Å². The first kappa shape index (κ1) is 31.5. The van der Waals surface area contributed by atoms with E-state index in [0.29, 0.717) is 5.89 Å². The Morgan fingerprint density at radius 2 is 0.875 bits per heavy atom. The Bertz CT molecular complexity index is 3300. The Morgan fingerprint density at radius 3 is 1.46 bits per heavy atom. The topological polar surface area (TPSA) is 29.3 Å². The second-order valence-electron chi connectivity index (χ2n) is 14.4. The van der Waals surface area contributed by atoms with Crippen LogP contribution >= 0.6 is 22.7 Å². The maximum Gasteiger partial charge on any atom is 0.227 e. The normalized spacial score (nSPS) is 11.9. The van der Waals surface area contributed by atoms with Crippen molar-refractivity contribution in [3.8, 4) is 22.6 Å². The van der Waals surface area contributed by atoms with Crippen LogP contribution in [0, 0.1) is 0 Å². The standard InChI is InChI=1S/C51H30N2OS2/c1-5-11-47-41(7-1)43-27-34-19-23-39(25-36(34)29-49(43)55-47)53(40-24-20-35-28-44-42-8-2-6-12-48(42)56-50(44)30-37(35)26-40)38-21-17-32(18-22-38)31-13-15-33(16-14-31)51-52-45-9-3-4-10-46(45)54-51/h1-30H. The molecule has 0 aliphatic heterocycles. The summed E-state index contributed by atoms with van der Waals surface area (Å²) >= 11 is 3.73. The average Bonchev–Trinajstić information content (AvgIpc) is 3.95. The first-order valence-corrected chi connectivity index (χ1v) is 20.4. The van der Waals surface area contributed by atoms with Crippen LogP contribution in [-0.4, -0.2) is 4.98 Å². The molecule has 0 atom stereocenters. The molecule has 5 heteroatoms. The average molecular weight is 751 g/mol. The number of hydrogen-bond donors (Lipinski definition) is 0. The van der Waals surface area contributed by atoms with Gasteiger partial charge in [-0.1, -0.05) is 84.9 Å². The zero-order valence-electron chi connectivity index (χ0n) is 29.9. The molecule has 0 aliphatic rings. The molecule has 0 aliphatic carbocycles. The fourth-order valence-corrected chi connectivity index (χ4v) is 10.5. The number of nitrogens with zero attached hydrogens (tertiary/aromatic N) is 2. The van der Waals surface area contributed by atoms with E-state index in [1.807, 2.05) is 46.9 Å². The van der Waals surface area contributed by atoms with Crippen molar-refractivity contribution in [1.29, 1.82) is 0 Å². The zero-order chi connectivity index (χ0) is 36.7. The van der Waals surface area contributed by atoms with Gasteiger partial charge in [0.25, 0.3) is 0 Å². The van der Waals surface area contributed by atoms with Crippen molar-refractivity contribution in [3.05, 3.63) is 182 Å². The van der Waals surface area contributed by atoms with Gasteiger partial charge in [0.2, 0.25) is 5.89 Å². The summed E-state index contributed by atoms with van der Waals surface area (Å²) in [6, 6.07) is 65.9. The SMILES string of the molecule is c1ccc2oc(-c3ccc(-c4ccc(N(c5ccc6cc7c(cc6c5)sc5ccccc57)c5ccc6cc7c(cc6c5)sc5ccccc57)cc4)cc3)nc2c1. The molecule has 3 aromatic heterocycles. The molecule has 0 fully saturated rings. The highest BCUT2D eigenvalue weighted by Crippen LogP contribution is 2.43. The Balaban J connectivity index is 0.963. The van der Waals surface area contributed by atoms with Crippen LogP contribution in [0.3, 0.4) is 0 Å². The van der Waals surface area contributed by atoms with Gasteiger partial charge in [0.1, 0.15) is 5.52 Å². The summed E-state index contributed by atoms with van der Waals surface area (Å²) in [5.74, 6) is 0.635. The molecule has 0 bridgehead atoms. The van der Waals surface area contributed by atoms with Crippen LogP contribution in [0.5, 0.6) is 0 Å². The smallest absolute Gasteiger partial charge is 0.227 e. The van der Waals surface area contributed by atoms with Crippen molar-refractivity contribution in [3.63, 3.8) is 0 Å². The number of para-hydroxylation sites is 2. The Kier molecular flexibility index (Phi) is 6.97. The van der Waals surface area contributed by atoms with Crippen LogP contribution in [0.4, 0.5) is 17.1 Å². The van der Waals surface area contributed by atoms with E-state index >= 15 is 0 Å². The van der Waals surface area contributed by atoms with Crippen molar-refractivity contribution < 1.29 is 4.42 Å². The molecule has 9 aromatic carbocycles. The van der Waals surface area contributed by atoms with Crippen LogP contribution < -0.4 is 4.90 Å². The van der Waals surface area contributed by atoms with Crippen molar-refractivity contribution in [2.75, 3.05) is 4.90 Å². The fourth-order valence-electron chi connectivity index (χ4n) is 8.24. The maximum absolute atomic E-state index is 6.03. The molecule has 0 saturated carbocycles. The number of thiophene rings is 2. The molecule has 0 unspecified atom stereocenters. The predicted molar refractivity (Wildman–Crippen MR) is 240 cm³/mol. The van der Waals surface area contributed by atoms with Gasteiger partial charge >= 0.3 is 0 Å². The van der Waals surface area contributed by atoms with E-state index < -0.39 is 0 Å². The molecule has 0 spiro atoms. The van der Waals surface area contributed by atoms with E-state index in [4.69, 9.17) is 9.40 Å². The monoisotopic (exact) mass is 750 g/mol. The summed E-state index contributed by atoms with van der Waals surface area (Å²) in [4.78, 5) is 7.08. The molecule has 56 heavy (non-hydrogen) atoms. The van der Waals surface area contributed by atoms with Gasteiger partial charge in [-0.05, 0) is 130 Å². The van der Waals surface area contributed by atoms with Crippen LogP contribution in [0.2, 0.25) is 0 Å². The van der Waals surface area contributed by atoms with Gasteiger partial charge in [-0.25, -0.2) is 4.98 Å². The minimum atomic E-state index is 0.635. The summed E-state index contributed by atoms with van der Waals surface area (Å²) < 4.78 is 11.3. The number of anilines is 3. The third-order valence-corrected chi connectivity index (χ3v) is 13.3. The van der Waals surface area contributed by atoms with Crippen molar-refractivity contribution in [2.45, 2.75) is 0 Å². The van der Waals surface area contributed by atoms with Crippen LogP contribution in [0.15, 0.2) is 186 Å². The maximum atomic E-state index is 6.03. The lowest BCUT2D eigenvalue weighted by atomic mass is 10.0. The summed E-state index contributed by atoms with van der Waals surface area (Å²) in [7, 11) is 0. The predicted octanol–water partition coefficient (Wildman–Crippen LogP) is 15.7. The fraction of sp³-hybridized carbons (Fsp3) is 0. The first-order valence-electron chi connectivity index (χ1n) is 18.8. The largest absolute Gasteiger partial charge is 0.436 e. The van der Waals surface area contributed by atoms with Gasteiger partial charge in [0, 0.05) is 63.0 Å². The van der Waals surface area contributed by atoms with E-state index in [2.05, 4.69) is 163 Å². The third-order valence-electron chi connectivity index (χ3n) is 11.0. The van der Waals surface area contributed by atoms with Gasteiger partial charge in [-0.3, -0.25) is 0 Å². The zero-order valence-corrected chi connectivity index (χ0v) is 31.6. The Labute approximate surface area is 329 Å². The second kappa shape index (κ2) is 12.4. The number of hydrogen-bond acceptors (Lipinski definition) is 5. The lowest BCUT2D eigenvalue weighted by Crippen LogP contribution is -2.09.